The molecule has 17 heteroatoms. The molecule has 2 aromatic rings. The Morgan fingerprint density at radius 1 is 1.02 bits per heavy atom. The van der Waals surface area contributed by atoms with Gasteiger partial charge in [-0.15, -0.1) is 0 Å². The molecule has 12 nitrogen and oxygen atoms in total. The van der Waals surface area contributed by atoms with Crippen molar-refractivity contribution in [3.63, 3.8) is 0 Å². The highest BCUT2D eigenvalue weighted by Gasteiger charge is 2.32. The molecule has 0 spiro atoms. The Hall–Kier alpha value is -4.64. The van der Waals surface area contributed by atoms with Crippen molar-refractivity contribution >= 4 is 11.8 Å². The zero-order valence-electron chi connectivity index (χ0n) is 22.5. The van der Waals surface area contributed by atoms with E-state index in [1.807, 2.05) is 0 Å². The van der Waals surface area contributed by atoms with Gasteiger partial charge in [-0.2, -0.15) is 13.2 Å². The topological polar surface area (TPSA) is 191 Å². The predicted octanol–water partition coefficient (Wildman–Crippen LogP) is 0.861. The molecule has 0 aliphatic carbocycles. The number of carbonyl (C=O) groups is 2. The number of alkyl halides is 4. The average Bonchev–Trinajstić information content (AvgIpc) is 2.93. The van der Waals surface area contributed by atoms with Crippen LogP contribution in [0, 0.1) is 5.82 Å². The van der Waals surface area contributed by atoms with Crippen LogP contribution < -0.4 is 38.5 Å². The normalized spacial score (nSPS) is 12.9. The van der Waals surface area contributed by atoms with Gasteiger partial charge in [-0.3, -0.25) is 9.59 Å². The van der Waals surface area contributed by atoms with Gasteiger partial charge in [0, 0.05) is 31.1 Å². The van der Waals surface area contributed by atoms with E-state index in [1.165, 1.54) is 31.4 Å². The van der Waals surface area contributed by atoms with E-state index in [1.54, 1.807) is 0 Å². The molecule has 1 aromatic heterocycles. The van der Waals surface area contributed by atoms with Gasteiger partial charge in [0.15, 0.2) is 0 Å². The number of benzene rings is 1. The third-order valence-corrected chi connectivity index (χ3v) is 5.46. The molecule has 10 N–H and O–H groups in total. The molecule has 0 fully saturated rings. The Morgan fingerprint density at radius 3 is 2.26 bits per heavy atom. The minimum Gasteiger partial charge on any atom is -0.497 e. The quantitative estimate of drug-likeness (QED) is 0.0784. The van der Waals surface area contributed by atoms with Gasteiger partial charge in [0.25, 0.3) is 11.8 Å². The monoisotopic (exact) mass is 601 g/mol. The number of amides is 2. The molecule has 1 aromatic carbocycles. The molecule has 0 bridgehead atoms. The summed E-state index contributed by atoms with van der Waals surface area (Å²) in [6.45, 7) is -0.997. The van der Waals surface area contributed by atoms with E-state index in [2.05, 4.69) is 15.6 Å². The molecule has 42 heavy (non-hydrogen) atoms. The van der Waals surface area contributed by atoms with E-state index in [0.717, 1.165) is 34.6 Å². The number of ether oxygens (including phenoxy) is 1. The van der Waals surface area contributed by atoms with Crippen LogP contribution in [-0.4, -0.2) is 53.2 Å². The van der Waals surface area contributed by atoms with Gasteiger partial charge in [-0.1, -0.05) is 6.07 Å². The van der Waals surface area contributed by atoms with Crippen molar-refractivity contribution in [3.05, 3.63) is 83.0 Å². The fourth-order valence-corrected chi connectivity index (χ4v) is 3.30. The molecule has 0 aliphatic rings. The number of rotatable bonds is 14. The first-order chi connectivity index (χ1) is 19.7. The number of nitrogens with zero attached hydrogens (tertiary/aromatic N) is 3. The molecule has 0 aliphatic heterocycles. The Balaban J connectivity index is 1.78. The molecule has 230 valence electrons. The Labute approximate surface area is 238 Å². The van der Waals surface area contributed by atoms with E-state index < -0.39 is 47.9 Å². The minimum atomic E-state index is -4.64. The van der Waals surface area contributed by atoms with E-state index in [4.69, 9.17) is 27.9 Å². The summed E-state index contributed by atoms with van der Waals surface area (Å²) in [6, 6.07) is 7.26. The maximum atomic E-state index is 14.4. The first-order valence-electron chi connectivity index (χ1n) is 12.2. The number of aromatic nitrogens is 1. The Bertz CT molecular complexity index is 1290. The van der Waals surface area contributed by atoms with E-state index in [0.29, 0.717) is 5.75 Å². The molecule has 0 radical (unpaired) electrons. The first-order valence-corrected chi connectivity index (χ1v) is 12.2. The number of hydrogen-bond acceptors (Lipinski definition) is 10. The molecule has 1 atom stereocenters. The van der Waals surface area contributed by atoms with Crippen LogP contribution in [0.25, 0.3) is 0 Å². The van der Waals surface area contributed by atoms with Crippen molar-refractivity contribution < 1.29 is 36.3 Å². The van der Waals surface area contributed by atoms with Gasteiger partial charge in [-0.05, 0) is 36.8 Å². The number of halogens is 5. The zero-order chi connectivity index (χ0) is 31.4. The van der Waals surface area contributed by atoms with Gasteiger partial charge >= 0.3 is 6.18 Å². The summed E-state index contributed by atoms with van der Waals surface area (Å²) in [5, 5.41) is 6.53. The van der Waals surface area contributed by atoms with Crippen LogP contribution in [-0.2, 0) is 28.9 Å². The summed E-state index contributed by atoms with van der Waals surface area (Å²) >= 11 is 0. The van der Waals surface area contributed by atoms with Gasteiger partial charge < -0.3 is 36.9 Å². The Morgan fingerprint density at radius 2 is 1.64 bits per heavy atom. The smallest absolute Gasteiger partial charge is 0.433 e. The average molecular weight is 602 g/mol. The van der Waals surface area contributed by atoms with Gasteiger partial charge in [-0.25, -0.2) is 25.5 Å². The van der Waals surface area contributed by atoms with Gasteiger partial charge in [0.2, 0.25) is 0 Å². The number of pyridine rings is 1. The molecular weight excluding hydrogens is 569 g/mol. The molecular formula is C25H32F5N9O3. The van der Waals surface area contributed by atoms with Gasteiger partial charge in [0.1, 0.15) is 34.8 Å². The third kappa shape index (κ3) is 11.1. The molecule has 2 amide bonds. The molecule has 0 saturated heterocycles. The van der Waals surface area contributed by atoms with Crippen molar-refractivity contribution in [1.29, 1.82) is 0 Å². The predicted molar refractivity (Wildman–Crippen MR) is 142 cm³/mol. The maximum absolute atomic E-state index is 14.4. The minimum absolute atomic E-state index is 0.0522. The number of methoxy groups -OCH3 is 1. The summed E-state index contributed by atoms with van der Waals surface area (Å²) in [5.74, 6) is 9.69. The van der Waals surface area contributed by atoms with Crippen LogP contribution in [0.2, 0.25) is 0 Å². The lowest BCUT2D eigenvalue weighted by molar-refractivity contribution is -0.141. The standard InChI is InChI=1S/C25H32F5N9O3/c1-42-18-5-6-19(27)15(9-18)10-35-23(40)20(31)13-38(33)8-7-16(26)12-39(34)14-21(32)24(41)36-11-17-3-2-4-22(37-17)25(28,29)30/h2-6,9,13-14,16H,7-8,10-12,31-34H2,1H3,(H,35,40)(H,36,41)/b20-13-,21-14-. The number of nitrogens with one attached hydrogen (secondary N) is 2. The Kier molecular flexibility index (Phi) is 12.3. The number of hydrogen-bond donors (Lipinski definition) is 6. The fourth-order valence-electron chi connectivity index (χ4n) is 3.30. The lowest BCUT2D eigenvalue weighted by Gasteiger charge is -2.20. The maximum Gasteiger partial charge on any atom is 0.433 e. The summed E-state index contributed by atoms with van der Waals surface area (Å²) in [6.07, 6.45) is -4.32. The van der Waals surface area contributed by atoms with Crippen molar-refractivity contribution in [2.45, 2.75) is 31.9 Å². The largest absolute Gasteiger partial charge is 0.497 e. The molecule has 1 unspecified atom stereocenters. The highest BCUT2D eigenvalue weighted by Crippen LogP contribution is 2.27. The van der Waals surface area contributed by atoms with E-state index in [9.17, 15) is 31.5 Å². The summed E-state index contributed by atoms with van der Waals surface area (Å²) in [5.41, 5.74) is 9.62. The first kappa shape index (κ1) is 33.6. The van der Waals surface area contributed by atoms with Crippen LogP contribution in [0.15, 0.2) is 60.2 Å². The molecule has 2 rings (SSSR count). The van der Waals surface area contributed by atoms with Crippen LogP contribution in [0.4, 0.5) is 22.0 Å². The second-order valence-electron chi connectivity index (χ2n) is 8.82. The second kappa shape index (κ2) is 15.4. The van der Waals surface area contributed by atoms with Crippen LogP contribution >= 0.6 is 0 Å². The highest BCUT2D eigenvalue weighted by atomic mass is 19.4. The van der Waals surface area contributed by atoms with Gasteiger partial charge in [0.05, 0.1) is 25.9 Å². The number of nitrogens with two attached hydrogens (primary N) is 4. The van der Waals surface area contributed by atoms with E-state index >= 15 is 0 Å². The van der Waals surface area contributed by atoms with Crippen LogP contribution in [0.5, 0.6) is 5.75 Å². The van der Waals surface area contributed by atoms with Crippen molar-refractivity contribution in [2.24, 2.45) is 23.2 Å². The molecule has 0 saturated carbocycles. The van der Waals surface area contributed by atoms with E-state index in [-0.39, 0.29) is 43.0 Å². The summed E-state index contributed by atoms with van der Waals surface area (Å²) in [7, 11) is 1.42. The number of carbonyl (C=O) groups excluding carboxylic acids is 2. The highest BCUT2D eigenvalue weighted by molar-refractivity contribution is 5.92. The van der Waals surface area contributed by atoms with Crippen molar-refractivity contribution in [2.75, 3.05) is 20.2 Å². The SMILES string of the molecule is COc1ccc(F)c(CNC(=O)/C(N)=C/N(N)CCC(F)CN(N)/C=C(\N)C(=O)NCc2cccc(C(F)(F)F)n2)c1. The lowest BCUT2D eigenvalue weighted by atomic mass is 10.2. The van der Waals surface area contributed by atoms with Crippen LogP contribution in [0.1, 0.15) is 23.4 Å². The molecule has 1 heterocycles. The lowest BCUT2D eigenvalue weighted by Crippen LogP contribution is -2.38. The van der Waals surface area contributed by atoms with Crippen molar-refractivity contribution in [3.8, 4) is 5.75 Å². The zero-order valence-corrected chi connectivity index (χ0v) is 22.5. The fraction of sp³-hybridized carbons (Fsp3) is 0.320. The second-order valence-corrected chi connectivity index (χ2v) is 8.82. The van der Waals surface area contributed by atoms with Crippen molar-refractivity contribution in [1.82, 2.24) is 25.6 Å². The summed E-state index contributed by atoms with van der Waals surface area (Å²) < 4.78 is 71.6. The third-order valence-electron chi connectivity index (χ3n) is 5.46. The number of hydrazine groups is 2. The summed E-state index contributed by atoms with van der Waals surface area (Å²) in [4.78, 5) is 27.8. The van der Waals surface area contributed by atoms with Crippen LogP contribution in [0.3, 0.4) is 0 Å².